The van der Waals surface area contributed by atoms with Crippen molar-refractivity contribution in [1.82, 2.24) is 10.2 Å². The number of rotatable bonds is 12. The Morgan fingerprint density at radius 3 is 2.07 bits per heavy atom. The predicted molar refractivity (Wildman–Crippen MR) is 179 cm³/mol. The number of phenolic OH excluding ortho intramolecular Hbond substituents is 1. The smallest absolute Gasteiger partial charge is 0.408 e. The minimum absolute atomic E-state index is 0.0210. The Morgan fingerprint density at radius 1 is 0.867 bits per heavy atom. The van der Waals surface area contributed by atoms with Crippen molar-refractivity contribution < 1.29 is 24.2 Å². The summed E-state index contributed by atoms with van der Waals surface area (Å²) in [5, 5.41) is 16.4. The van der Waals surface area contributed by atoms with Gasteiger partial charge in [-0.3, -0.25) is 9.59 Å². The van der Waals surface area contributed by atoms with Crippen LogP contribution in [-0.2, 0) is 20.7 Å². The third-order valence-electron chi connectivity index (χ3n) is 7.60. The van der Waals surface area contributed by atoms with Crippen LogP contribution in [0.3, 0.4) is 0 Å². The van der Waals surface area contributed by atoms with E-state index in [2.05, 4.69) is 24.5 Å². The lowest BCUT2D eigenvalue weighted by Gasteiger charge is -2.39. The average Bonchev–Trinajstić information content (AvgIpc) is 2.95. The van der Waals surface area contributed by atoms with Crippen LogP contribution < -0.4 is 10.6 Å². The van der Waals surface area contributed by atoms with Gasteiger partial charge in [0.1, 0.15) is 23.4 Å². The molecule has 8 nitrogen and oxygen atoms in total. The lowest BCUT2D eigenvalue weighted by Crippen LogP contribution is -2.55. The summed E-state index contributed by atoms with van der Waals surface area (Å²) in [5.74, 6) is -0.496. The molecule has 0 heterocycles. The van der Waals surface area contributed by atoms with Crippen LogP contribution in [0.2, 0.25) is 0 Å². The molecule has 3 amide bonds. The highest BCUT2D eigenvalue weighted by molar-refractivity contribution is 6.00. The normalized spacial score (nSPS) is 13.4. The fourth-order valence-corrected chi connectivity index (χ4v) is 5.33. The number of hydrogen-bond acceptors (Lipinski definition) is 5. The molecule has 0 saturated heterocycles. The summed E-state index contributed by atoms with van der Waals surface area (Å²) >= 11 is 0. The van der Waals surface area contributed by atoms with E-state index in [4.69, 9.17) is 4.74 Å². The van der Waals surface area contributed by atoms with Gasteiger partial charge in [-0.25, -0.2) is 4.79 Å². The molecule has 0 aliphatic heterocycles. The van der Waals surface area contributed by atoms with Gasteiger partial charge in [0.2, 0.25) is 5.91 Å². The number of anilines is 1. The molecule has 242 valence electrons. The van der Waals surface area contributed by atoms with Crippen molar-refractivity contribution in [3.63, 3.8) is 0 Å². The summed E-state index contributed by atoms with van der Waals surface area (Å²) in [7, 11) is 0. The van der Waals surface area contributed by atoms with E-state index < -0.39 is 41.6 Å². The summed E-state index contributed by atoms with van der Waals surface area (Å²) in [6, 6.07) is 19.1. The van der Waals surface area contributed by atoms with E-state index in [0.29, 0.717) is 23.6 Å². The van der Waals surface area contributed by atoms with Gasteiger partial charge in [-0.2, -0.15) is 0 Å². The number of para-hydroxylation sites is 1. The predicted octanol–water partition coefficient (Wildman–Crippen LogP) is 7.48. The van der Waals surface area contributed by atoms with Crippen LogP contribution in [0.25, 0.3) is 0 Å². The molecule has 3 aromatic carbocycles. The van der Waals surface area contributed by atoms with Crippen molar-refractivity contribution in [1.29, 1.82) is 0 Å². The topological polar surface area (TPSA) is 108 Å². The summed E-state index contributed by atoms with van der Waals surface area (Å²) in [6.07, 6.45) is 0.914. The Hall–Kier alpha value is -4.33. The molecule has 0 aromatic heterocycles. The Morgan fingerprint density at radius 2 is 1.49 bits per heavy atom. The first kappa shape index (κ1) is 35.2. The second kappa shape index (κ2) is 15.6. The maximum Gasteiger partial charge on any atom is 0.408 e. The summed E-state index contributed by atoms with van der Waals surface area (Å²) < 4.78 is 5.56. The first-order valence-electron chi connectivity index (χ1n) is 15.7. The van der Waals surface area contributed by atoms with Crippen LogP contribution in [0, 0.1) is 19.8 Å². The summed E-state index contributed by atoms with van der Waals surface area (Å²) in [5.41, 5.74) is 2.97. The molecular weight excluding hydrogens is 566 g/mol. The van der Waals surface area contributed by atoms with Crippen molar-refractivity contribution in [2.75, 3.05) is 5.32 Å². The molecule has 3 atom stereocenters. The number of alkyl carbamates (subject to hydrolysis) is 1. The number of hydrogen-bond donors (Lipinski definition) is 3. The van der Waals surface area contributed by atoms with Gasteiger partial charge in [0.15, 0.2) is 0 Å². The van der Waals surface area contributed by atoms with E-state index in [-0.39, 0.29) is 12.2 Å². The number of aromatic hydroxyl groups is 1. The monoisotopic (exact) mass is 615 g/mol. The second-order valence-corrected chi connectivity index (χ2v) is 13.2. The first-order valence-corrected chi connectivity index (χ1v) is 15.7. The van der Waals surface area contributed by atoms with Crippen LogP contribution in [0.1, 0.15) is 82.7 Å². The van der Waals surface area contributed by atoms with E-state index in [1.165, 1.54) is 12.1 Å². The Balaban J connectivity index is 2.16. The lowest BCUT2D eigenvalue weighted by atomic mass is 9.95. The molecule has 0 saturated carbocycles. The van der Waals surface area contributed by atoms with Gasteiger partial charge in [0.25, 0.3) is 5.91 Å². The van der Waals surface area contributed by atoms with Crippen LogP contribution in [-0.4, -0.2) is 45.6 Å². The lowest BCUT2D eigenvalue weighted by molar-refractivity contribution is -0.143. The minimum atomic E-state index is -1.11. The number of carbonyl (C=O) groups is 3. The maximum absolute atomic E-state index is 14.8. The number of ether oxygens (including phenoxy) is 1. The van der Waals surface area contributed by atoms with E-state index in [1.54, 1.807) is 37.8 Å². The number of amides is 3. The molecule has 3 N–H and O–H groups in total. The maximum atomic E-state index is 14.8. The zero-order valence-corrected chi connectivity index (χ0v) is 27.9. The van der Waals surface area contributed by atoms with E-state index in [0.717, 1.165) is 23.1 Å². The molecule has 45 heavy (non-hydrogen) atoms. The van der Waals surface area contributed by atoms with Crippen LogP contribution in [0.5, 0.6) is 5.75 Å². The van der Waals surface area contributed by atoms with Gasteiger partial charge in [0.05, 0.1) is 0 Å². The van der Waals surface area contributed by atoms with Gasteiger partial charge >= 0.3 is 6.09 Å². The van der Waals surface area contributed by atoms with E-state index in [9.17, 15) is 19.5 Å². The van der Waals surface area contributed by atoms with Gasteiger partial charge in [-0.05, 0) is 94.7 Å². The quantitative estimate of drug-likeness (QED) is 0.196. The molecule has 0 spiro atoms. The van der Waals surface area contributed by atoms with E-state index >= 15 is 0 Å². The Labute approximate surface area is 268 Å². The third-order valence-corrected chi connectivity index (χ3v) is 7.60. The standard InChI is InChI=1S/C37H49N3O5/c1-24(2)20-21-27(5)40(35(43)31(22-28-16-10-9-11-17-28)38-36(44)45-37(6,7)8)33(29-18-13-19-30(41)23-29)34(42)39-32-25(3)14-12-15-26(32)4/h9-19,23-24,27,31,33,41H,20-22H2,1-8H3,(H,38,44)(H,39,42). The Kier molecular flexibility index (Phi) is 12.2. The van der Waals surface area contributed by atoms with Crippen molar-refractivity contribution in [3.05, 3.63) is 95.1 Å². The molecule has 3 aromatic rings. The number of phenols is 1. The highest BCUT2D eigenvalue weighted by Gasteiger charge is 2.39. The van der Waals surface area contributed by atoms with Crippen molar-refractivity contribution in [2.24, 2.45) is 5.92 Å². The van der Waals surface area contributed by atoms with Crippen LogP contribution >= 0.6 is 0 Å². The number of benzene rings is 3. The number of nitrogens with zero attached hydrogens (tertiary/aromatic N) is 1. The fourth-order valence-electron chi connectivity index (χ4n) is 5.33. The largest absolute Gasteiger partial charge is 0.508 e. The Bertz CT molecular complexity index is 1430. The van der Waals surface area contributed by atoms with Crippen molar-refractivity contribution in [3.8, 4) is 5.75 Å². The average molecular weight is 616 g/mol. The third kappa shape index (κ3) is 10.4. The second-order valence-electron chi connectivity index (χ2n) is 13.2. The van der Waals surface area contributed by atoms with Crippen molar-refractivity contribution in [2.45, 2.75) is 98.4 Å². The SMILES string of the molecule is Cc1cccc(C)c1NC(=O)C(c1cccc(O)c1)N(C(=O)C(Cc1ccccc1)NC(=O)OC(C)(C)C)C(C)CCC(C)C. The number of aryl methyl sites for hydroxylation is 2. The molecule has 0 bridgehead atoms. The van der Waals surface area contributed by atoms with Gasteiger partial charge in [0, 0.05) is 18.2 Å². The van der Waals surface area contributed by atoms with Crippen LogP contribution in [0.4, 0.5) is 10.5 Å². The molecule has 8 heteroatoms. The molecule has 3 unspecified atom stereocenters. The van der Waals surface area contributed by atoms with E-state index in [1.807, 2.05) is 69.3 Å². The molecule has 0 aliphatic carbocycles. The molecule has 0 fully saturated rings. The summed E-state index contributed by atoms with van der Waals surface area (Å²) in [6.45, 7) is 15.3. The molecular formula is C37H49N3O5. The zero-order valence-electron chi connectivity index (χ0n) is 27.9. The van der Waals surface area contributed by atoms with Gasteiger partial charge in [-0.15, -0.1) is 0 Å². The molecule has 0 radical (unpaired) electrons. The summed E-state index contributed by atoms with van der Waals surface area (Å²) in [4.78, 5) is 43.9. The van der Waals surface area contributed by atoms with Crippen molar-refractivity contribution >= 4 is 23.6 Å². The first-order chi connectivity index (χ1) is 21.2. The number of nitrogens with one attached hydrogen (secondary N) is 2. The highest BCUT2D eigenvalue weighted by atomic mass is 16.6. The highest BCUT2D eigenvalue weighted by Crippen LogP contribution is 2.32. The zero-order chi connectivity index (χ0) is 33.3. The molecule has 3 rings (SSSR count). The van der Waals surface area contributed by atoms with Crippen LogP contribution in [0.15, 0.2) is 72.8 Å². The van der Waals surface area contributed by atoms with Gasteiger partial charge < -0.3 is 25.4 Å². The molecule has 0 aliphatic rings. The van der Waals surface area contributed by atoms with Gasteiger partial charge in [-0.1, -0.05) is 74.5 Å². The number of carbonyl (C=O) groups excluding carboxylic acids is 3. The minimum Gasteiger partial charge on any atom is -0.508 e. The fraction of sp³-hybridized carbons (Fsp3) is 0.432.